The fraction of sp³-hybridized carbons (Fsp3) is 0.417. The zero-order valence-corrected chi connectivity index (χ0v) is 11.2. The SMILES string of the molecule is CC1(NC(=O)c2ccc(Br)c(O)c2)CCNC1. The van der Waals surface area contributed by atoms with Crippen molar-refractivity contribution in [3.8, 4) is 5.75 Å². The van der Waals surface area contributed by atoms with Crippen LogP contribution in [0.4, 0.5) is 0 Å². The van der Waals surface area contributed by atoms with Crippen LogP contribution in [0.15, 0.2) is 22.7 Å². The second-order valence-corrected chi connectivity index (χ2v) is 5.46. The monoisotopic (exact) mass is 298 g/mol. The predicted octanol–water partition coefficient (Wildman–Crippen LogP) is 1.64. The number of carbonyl (C=O) groups excluding carboxylic acids is 1. The maximum absolute atomic E-state index is 12.0. The average molecular weight is 299 g/mol. The quantitative estimate of drug-likeness (QED) is 0.778. The molecule has 1 amide bonds. The molecule has 1 saturated heterocycles. The molecule has 0 aromatic heterocycles. The summed E-state index contributed by atoms with van der Waals surface area (Å²) in [6, 6.07) is 4.81. The minimum absolute atomic E-state index is 0.0763. The Hall–Kier alpha value is -1.07. The predicted molar refractivity (Wildman–Crippen MR) is 69.2 cm³/mol. The average Bonchev–Trinajstić information content (AvgIpc) is 2.69. The Bertz CT molecular complexity index is 442. The third-order valence-electron chi connectivity index (χ3n) is 2.99. The number of benzene rings is 1. The fourth-order valence-electron chi connectivity index (χ4n) is 1.92. The van der Waals surface area contributed by atoms with Crippen LogP contribution in [0, 0.1) is 0 Å². The molecule has 92 valence electrons. The smallest absolute Gasteiger partial charge is 0.251 e. The summed E-state index contributed by atoms with van der Waals surface area (Å²) in [4.78, 5) is 12.0. The van der Waals surface area contributed by atoms with Gasteiger partial charge >= 0.3 is 0 Å². The Morgan fingerprint density at radius 3 is 2.94 bits per heavy atom. The van der Waals surface area contributed by atoms with Crippen LogP contribution in [-0.2, 0) is 0 Å². The highest BCUT2D eigenvalue weighted by molar-refractivity contribution is 9.10. The van der Waals surface area contributed by atoms with Crippen LogP contribution < -0.4 is 10.6 Å². The number of nitrogens with one attached hydrogen (secondary N) is 2. The van der Waals surface area contributed by atoms with Gasteiger partial charge in [0.2, 0.25) is 0 Å². The lowest BCUT2D eigenvalue weighted by Gasteiger charge is -2.24. The molecule has 0 aliphatic carbocycles. The Kier molecular flexibility index (Phi) is 3.40. The van der Waals surface area contributed by atoms with Gasteiger partial charge in [-0.05, 0) is 54.0 Å². The Labute approximate surface area is 109 Å². The number of carbonyl (C=O) groups is 1. The minimum atomic E-state index is -0.195. The zero-order valence-electron chi connectivity index (χ0n) is 9.59. The van der Waals surface area contributed by atoms with Gasteiger partial charge < -0.3 is 15.7 Å². The van der Waals surface area contributed by atoms with E-state index in [1.807, 2.05) is 6.92 Å². The number of amides is 1. The molecular formula is C12H15BrN2O2. The summed E-state index contributed by atoms with van der Waals surface area (Å²) in [5.41, 5.74) is 0.276. The number of rotatable bonds is 2. The molecule has 0 radical (unpaired) electrons. The summed E-state index contributed by atoms with van der Waals surface area (Å²) in [5, 5.41) is 15.7. The summed E-state index contributed by atoms with van der Waals surface area (Å²) < 4.78 is 0.586. The molecular weight excluding hydrogens is 284 g/mol. The highest BCUT2D eigenvalue weighted by atomic mass is 79.9. The van der Waals surface area contributed by atoms with E-state index < -0.39 is 0 Å². The van der Waals surface area contributed by atoms with Crippen molar-refractivity contribution in [2.75, 3.05) is 13.1 Å². The van der Waals surface area contributed by atoms with Crippen molar-refractivity contribution >= 4 is 21.8 Å². The highest BCUT2D eigenvalue weighted by Crippen LogP contribution is 2.24. The van der Waals surface area contributed by atoms with E-state index in [-0.39, 0.29) is 17.2 Å². The van der Waals surface area contributed by atoms with Crippen LogP contribution in [0.25, 0.3) is 0 Å². The lowest BCUT2D eigenvalue weighted by molar-refractivity contribution is 0.0912. The Morgan fingerprint density at radius 1 is 1.59 bits per heavy atom. The second kappa shape index (κ2) is 4.66. The topological polar surface area (TPSA) is 61.4 Å². The van der Waals surface area contributed by atoms with Gasteiger partial charge in [-0.15, -0.1) is 0 Å². The van der Waals surface area contributed by atoms with Crippen molar-refractivity contribution in [3.05, 3.63) is 28.2 Å². The van der Waals surface area contributed by atoms with E-state index in [1.54, 1.807) is 12.1 Å². The zero-order chi connectivity index (χ0) is 12.5. The summed E-state index contributed by atoms with van der Waals surface area (Å²) in [7, 11) is 0. The molecule has 1 heterocycles. The first kappa shape index (κ1) is 12.4. The second-order valence-electron chi connectivity index (χ2n) is 4.61. The summed E-state index contributed by atoms with van der Waals surface area (Å²) in [6.45, 7) is 3.72. The van der Waals surface area contributed by atoms with Gasteiger partial charge in [0.15, 0.2) is 0 Å². The molecule has 5 heteroatoms. The van der Waals surface area contributed by atoms with E-state index in [9.17, 15) is 9.90 Å². The van der Waals surface area contributed by atoms with Gasteiger partial charge in [-0.25, -0.2) is 0 Å². The number of hydrogen-bond donors (Lipinski definition) is 3. The van der Waals surface area contributed by atoms with E-state index in [2.05, 4.69) is 26.6 Å². The Balaban J connectivity index is 2.11. The maximum atomic E-state index is 12.0. The van der Waals surface area contributed by atoms with Crippen molar-refractivity contribution in [1.29, 1.82) is 0 Å². The molecule has 3 N–H and O–H groups in total. The molecule has 0 spiro atoms. The molecule has 1 atom stereocenters. The van der Waals surface area contributed by atoms with Crippen LogP contribution >= 0.6 is 15.9 Å². The van der Waals surface area contributed by atoms with Gasteiger partial charge in [-0.3, -0.25) is 4.79 Å². The van der Waals surface area contributed by atoms with E-state index in [1.165, 1.54) is 6.07 Å². The standard InChI is InChI=1S/C12H15BrN2O2/c1-12(4-5-14-7-12)15-11(17)8-2-3-9(13)10(16)6-8/h2-3,6,14,16H,4-5,7H2,1H3,(H,15,17). The number of phenols is 1. The van der Waals surface area contributed by atoms with Gasteiger partial charge in [0, 0.05) is 12.1 Å². The van der Waals surface area contributed by atoms with Gasteiger partial charge in [0.25, 0.3) is 5.91 Å². The highest BCUT2D eigenvalue weighted by Gasteiger charge is 2.30. The molecule has 1 aliphatic rings. The van der Waals surface area contributed by atoms with Crippen LogP contribution in [0.1, 0.15) is 23.7 Å². The molecule has 1 aliphatic heterocycles. The Morgan fingerprint density at radius 2 is 2.35 bits per heavy atom. The lowest BCUT2D eigenvalue weighted by Crippen LogP contribution is -2.47. The van der Waals surface area contributed by atoms with Gasteiger partial charge in [0.1, 0.15) is 5.75 Å². The number of hydrogen-bond acceptors (Lipinski definition) is 3. The molecule has 2 rings (SSSR count). The lowest BCUT2D eigenvalue weighted by atomic mass is 10.0. The molecule has 0 bridgehead atoms. The van der Waals surface area contributed by atoms with Crippen molar-refractivity contribution in [2.45, 2.75) is 18.9 Å². The molecule has 17 heavy (non-hydrogen) atoms. The normalized spacial score (nSPS) is 23.6. The van der Waals surface area contributed by atoms with Crippen molar-refractivity contribution in [3.63, 3.8) is 0 Å². The van der Waals surface area contributed by atoms with Crippen LogP contribution in [0.3, 0.4) is 0 Å². The van der Waals surface area contributed by atoms with E-state index in [4.69, 9.17) is 0 Å². The third-order valence-corrected chi connectivity index (χ3v) is 3.66. The first-order valence-electron chi connectivity index (χ1n) is 5.52. The molecule has 4 nitrogen and oxygen atoms in total. The summed E-state index contributed by atoms with van der Waals surface area (Å²) in [5.74, 6) is -0.0775. The van der Waals surface area contributed by atoms with Crippen LogP contribution in [0.5, 0.6) is 5.75 Å². The number of aromatic hydroxyl groups is 1. The first-order valence-corrected chi connectivity index (χ1v) is 6.31. The van der Waals surface area contributed by atoms with Gasteiger partial charge in [-0.2, -0.15) is 0 Å². The molecule has 1 aromatic carbocycles. The van der Waals surface area contributed by atoms with Crippen molar-refractivity contribution in [2.24, 2.45) is 0 Å². The molecule has 1 fully saturated rings. The van der Waals surface area contributed by atoms with Crippen molar-refractivity contribution < 1.29 is 9.90 Å². The first-order chi connectivity index (χ1) is 8.00. The fourth-order valence-corrected chi connectivity index (χ4v) is 2.17. The molecule has 0 saturated carbocycles. The maximum Gasteiger partial charge on any atom is 0.251 e. The number of halogens is 1. The van der Waals surface area contributed by atoms with Crippen LogP contribution in [0.2, 0.25) is 0 Å². The number of phenolic OH excluding ortho intramolecular Hbond substituents is 1. The summed E-state index contributed by atoms with van der Waals surface area (Å²) >= 11 is 3.19. The van der Waals surface area contributed by atoms with Crippen molar-refractivity contribution in [1.82, 2.24) is 10.6 Å². The largest absolute Gasteiger partial charge is 0.507 e. The third kappa shape index (κ3) is 2.79. The molecule has 1 aromatic rings. The van der Waals surface area contributed by atoms with E-state index in [0.29, 0.717) is 10.0 Å². The summed E-state index contributed by atoms with van der Waals surface area (Å²) in [6.07, 6.45) is 0.918. The molecule has 1 unspecified atom stereocenters. The van der Waals surface area contributed by atoms with E-state index >= 15 is 0 Å². The van der Waals surface area contributed by atoms with Gasteiger partial charge in [0.05, 0.1) is 10.0 Å². The minimum Gasteiger partial charge on any atom is -0.507 e. The van der Waals surface area contributed by atoms with Gasteiger partial charge in [-0.1, -0.05) is 0 Å². The van der Waals surface area contributed by atoms with Crippen LogP contribution in [-0.4, -0.2) is 29.6 Å². The van der Waals surface area contributed by atoms with E-state index in [0.717, 1.165) is 19.5 Å².